The third-order valence-corrected chi connectivity index (χ3v) is 4.53. The summed E-state index contributed by atoms with van der Waals surface area (Å²) in [6.07, 6.45) is 0. The smallest absolute Gasteiger partial charge is 0.265 e. The van der Waals surface area contributed by atoms with Crippen LogP contribution in [0.5, 0.6) is 5.75 Å². The van der Waals surface area contributed by atoms with Gasteiger partial charge in [-0.3, -0.25) is 0 Å². The number of halogens is 2. The largest absolute Gasteiger partial charge is 0.487 e. The molecule has 0 aliphatic rings. The lowest BCUT2D eigenvalue weighted by Crippen LogP contribution is -2.04. The molecule has 0 heterocycles. The Hall–Kier alpha value is -1.59. The SMILES string of the molecule is Cc1cccc(C)c1COc1ccc(F)cc1S(=O)(=O)Cl. The molecule has 112 valence electrons. The first kappa shape index (κ1) is 15.8. The number of hydrogen-bond donors (Lipinski definition) is 0. The highest BCUT2D eigenvalue weighted by Crippen LogP contribution is 2.29. The standard InChI is InChI=1S/C15H14ClFO3S/c1-10-4-3-5-11(2)13(10)9-20-14-7-6-12(17)8-15(14)21(16,18)19/h3-8H,9H2,1-2H3. The van der Waals surface area contributed by atoms with Crippen LogP contribution in [0, 0.1) is 19.7 Å². The van der Waals surface area contributed by atoms with E-state index in [1.807, 2.05) is 32.0 Å². The minimum atomic E-state index is -4.07. The van der Waals surface area contributed by atoms with Gasteiger partial charge in [-0.05, 0) is 48.7 Å². The molecule has 0 unspecified atom stereocenters. The Bertz CT molecular complexity index is 752. The van der Waals surface area contributed by atoms with Crippen molar-refractivity contribution in [3.05, 3.63) is 58.9 Å². The van der Waals surface area contributed by atoms with Gasteiger partial charge in [-0.25, -0.2) is 12.8 Å². The molecule has 2 aromatic rings. The van der Waals surface area contributed by atoms with Crippen LogP contribution in [0.4, 0.5) is 4.39 Å². The molecule has 2 rings (SSSR count). The Balaban J connectivity index is 2.33. The molecule has 6 heteroatoms. The van der Waals surface area contributed by atoms with E-state index in [1.165, 1.54) is 6.07 Å². The molecule has 0 aromatic heterocycles. The molecule has 0 atom stereocenters. The van der Waals surface area contributed by atoms with Gasteiger partial charge in [0.1, 0.15) is 23.1 Å². The summed E-state index contributed by atoms with van der Waals surface area (Å²) in [5.41, 5.74) is 3.03. The molecule has 3 nitrogen and oxygen atoms in total. The van der Waals surface area contributed by atoms with Gasteiger partial charge in [0.25, 0.3) is 9.05 Å². The fourth-order valence-electron chi connectivity index (χ4n) is 2.02. The van der Waals surface area contributed by atoms with Gasteiger partial charge >= 0.3 is 0 Å². The van der Waals surface area contributed by atoms with E-state index >= 15 is 0 Å². The molecule has 0 fully saturated rings. The summed E-state index contributed by atoms with van der Waals surface area (Å²) in [5, 5.41) is 0. The lowest BCUT2D eigenvalue weighted by atomic mass is 10.0. The predicted octanol–water partition coefficient (Wildman–Crippen LogP) is 3.95. The van der Waals surface area contributed by atoms with Crippen molar-refractivity contribution in [2.75, 3.05) is 0 Å². The average Bonchev–Trinajstić information content (AvgIpc) is 2.38. The summed E-state index contributed by atoms with van der Waals surface area (Å²) in [6.45, 7) is 4.06. The summed E-state index contributed by atoms with van der Waals surface area (Å²) in [7, 11) is 1.23. The summed E-state index contributed by atoms with van der Waals surface area (Å²) in [5.74, 6) is -0.650. The maximum Gasteiger partial charge on any atom is 0.265 e. The first-order valence-corrected chi connectivity index (χ1v) is 8.52. The third kappa shape index (κ3) is 3.74. The van der Waals surface area contributed by atoms with Gasteiger partial charge in [0.05, 0.1) is 0 Å². The maximum absolute atomic E-state index is 13.2. The quantitative estimate of drug-likeness (QED) is 0.798. The molecule has 0 amide bonds. The Morgan fingerprint density at radius 3 is 2.33 bits per heavy atom. The highest BCUT2D eigenvalue weighted by Gasteiger charge is 2.18. The number of ether oxygens (including phenoxy) is 1. The second kappa shape index (κ2) is 6.03. The Morgan fingerprint density at radius 2 is 1.76 bits per heavy atom. The monoisotopic (exact) mass is 328 g/mol. The molecule has 0 saturated heterocycles. The summed E-state index contributed by atoms with van der Waals surface area (Å²) in [4.78, 5) is -0.365. The predicted molar refractivity (Wildman–Crippen MR) is 79.7 cm³/mol. The summed E-state index contributed by atoms with van der Waals surface area (Å²) >= 11 is 0. The molecule has 0 aliphatic heterocycles. The first-order chi connectivity index (χ1) is 9.79. The van der Waals surface area contributed by atoms with Crippen molar-refractivity contribution in [3.8, 4) is 5.75 Å². The molecule has 21 heavy (non-hydrogen) atoms. The van der Waals surface area contributed by atoms with E-state index in [4.69, 9.17) is 15.4 Å². The average molecular weight is 329 g/mol. The number of rotatable bonds is 4. The summed E-state index contributed by atoms with van der Waals surface area (Å²) in [6, 6.07) is 9.05. The van der Waals surface area contributed by atoms with Crippen LogP contribution in [-0.2, 0) is 15.7 Å². The normalized spacial score (nSPS) is 11.4. The van der Waals surface area contributed by atoms with Gasteiger partial charge in [0.15, 0.2) is 0 Å². The van der Waals surface area contributed by atoms with E-state index in [0.717, 1.165) is 28.8 Å². The minimum Gasteiger partial charge on any atom is -0.487 e. The van der Waals surface area contributed by atoms with E-state index < -0.39 is 14.9 Å². The number of aryl methyl sites for hydroxylation is 2. The maximum atomic E-state index is 13.2. The van der Waals surface area contributed by atoms with Gasteiger partial charge in [0.2, 0.25) is 0 Å². The van der Waals surface area contributed by atoms with Crippen molar-refractivity contribution in [1.29, 1.82) is 0 Å². The first-order valence-electron chi connectivity index (χ1n) is 6.21. The Labute approximate surface area is 127 Å². The second-order valence-electron chi connectivity index (χ2n) is 4.69. The van der Waals surface area contributed by atoms with E-state index in [2.05, 4.69) is 0 Å². The molecule has 2 aromatic carbocycles. The van der Waals surface area contributed by atoms with Crippen LogP contribution in [0.15, 0.2) is 41.3 Å². The Kier molecular flexibility index (Phi) is 4.54. The zero-order valence-corrected chi connectivity index (χ0v) is 13.1. The zero-order chi connectivity index (χ0) is 15.6. The van der Waals surface area contributed by atoms with Crippen LogP contribution in [0.25, 0.3) is 0 Å². The van der Waals surface area contributed by atoms with Crippen molar-refractivity contribution >= 4 is 19.7 Å². The number of benzene rings is 2. The van der Waals surface area contributed by atoms with Crippen LogP contribution in [0.3, 0.4) is 0 Å². The van der Waals surface area contributed by atoms with Crippen molar-refractivity contribution in [3.63, 3.8) is 0 Å². The van der Waals surface area contributed by atoms with Crippen LogP contribution in [0.1, 0.15) is 16.7 Å². The fourth-order valence-corrected chi connectivity index (χ4v) is 3.00. The van der Waals surface area contributed by atoms with E-state index in [0.29, 0.717) is 0 Å². The van der Waals surface area contributed by atoms with Crippen molar-refractivity contribution in [2.45, 2.75) is 25.3 Å². The lowest BCUT2D eigenvalue weighted by molar-refractivity contribution is 0.296. The van der Waals surface area contributed by atoms with Gasteiger partial charge in [0, 0.05) is 10.7 Å². The van der Waals surface area contributed by atoms with Gasteiger partial charge in [-0.2, -0.15) is 0 Å². The minimum absolute atomic E-state index is 0.0362. The van der Waals surface area contributed by atoms with E-state index in [1.54, 1.807) is 0 Å². The van der Waals surface area contributed by atoms with Crippen LogP contribution >= 0.6 is 10.7 Å². The van der Waals surface area contributed by atoms with Crippen molar-refractivity contribution in [2.24, 2.45) is 0 Å². The van der Waals surface area contributed by atoms with E-state index in [9.17, 15) is 12.8 Å². The molecule has 0 aliphatic carbocycles. The highest BCUT2D eigenvalue weighted by molar-refractivity contribution is 8.13. The molecular formula is C15H14ClFO3S. The molecule has 0 N–H and O–H groups in total. The molecule has 0 radical (unpaired) electrons. The van der Waals surface area contributed by atoms with Gasteiger partial charge in [-0.15, -0.1) is 0 Å². The topological polar surface area (TPSA) is 43.4 Å². The van der Waals surface area contributed by atoms with Crippen LogP contribution < -0.4 is 4.74 Å². The van der Waals surface area contributed by atoms with Crippen molar-refractivity contribution < 1.29 is 17.5 Å². The Morgan fingerprint density at radius 1 is 1.14 bits per heavy atom. The third-order valence-electron chi connectivity index (χ3n) is 3.18. The zero-order valence-electron chi connectivity index (χ0n) is 11.6. The van der Waals surface area contributed by atoms with Crippen molar-refractivity contribution in [1.82, 2.24) is 0 Å². The summed E-state index contributed by atoms with van der Waals surface area (Å²) < 4.78 is 41.7. The molecular weight excluding hydrogens is 315 g/mol. The van der Waals surface area contributed by atoms with Crippen LogP contribution in [-0.4, -0.2) is 8.42 Å². The van der Waals surface area contributed by atoms with Crippen LogP contribution in [0.2, 0.25) is 0 Å². The molecule has 0 spiro atoms. The van der Waals surface area contributed by atoms with Gasteiger partial charge < -0.3 is 4.74 Å². The molecule has 0 saturated carbocycles. The highest BCUT2D eigenvalue weighted by atomic mass is 35.7. The fraction of sp³-hybridized carbons (Fsp3) is 0.200. The lowest BCUT2D eigenvalue weighted by Gasteiger charge is -2.13. The van der Waals surface area contributed by atoms with E-state index in [-0.39, 0.29) is 17.3 Å². The number of hydrogen-bond acceptors (Lipinski definition) is 3. The second-order valence-corrected chi connectivity index (χ2v) is 7.22. The molecule has 0 bridgehead atoms. The van der Waals surface area contributed by atoms with Gasteiger partial charge in [-0.1, -0.05) is 18.2 Å².